The van der Waals surface area contributed by atoms with E-state index in [9.17, 15) is 0 Å². The zero-order chi connectivity index (χ0) is 14.8. The molecule has 0 spiro atoms. The van der Waals surface area contributed by atoms with Crippen LogP contribution in [0.4, 0.5) is 5.69 Å². The average molecular weight is 293 g/mol. The molecule has 0 aliphatic heterocycles. The maximum atomic E-state index is 6.24. The first-order chi connectivity index (χ1) is 10.3. The molecule has 0 unspecified atom stereocenters. The molecule has 0 radical (unpaired) electrons. The predicted octanol–water partition coefficient (Wildman–Crippen LogP) is 4.39. The lowest BCUT2D eigenvalue weighted by Crippen LogP contribution is -1.99. The zero-order valence-electron chi connectivity index (χ0n) is 13.2. The minimum Gasteiger partial charge on any atom is -0.412 e. The molecule has 0 aromatic heterocycles. The number of anilines is 1. The van der Waals surface area contributed by atoms with Gasteiger partial charge in [-0.25, -0.2) is 0 Å². The van der Waals surface area contributed by atoms with Crippen LogP contribution in [0.2, 0.25) is 0 Å². The van der Waals surface area contributed by atoms with E-state index < -0.39 is 0 Å². The lowest BCUT2D eigenvalue weighted by Gasteiger charge is -2.18. The van der Waals surface area contributed by atoms with E-state index in [1.807, 2.05) is 12.1 Å². The molecule has 22 heavy (non-hydrogen) atoms. The summed E-state index contributed by atoms with van der Waals surface area (Å²) in [4.78, 5) is 0. The average Bonchev–Trinajstić information content (AvgIpc) is 2.53. The monoisotopic (exact) mass is 293 g/mol. The van der Waals surface area contributed by atoms with Crippen molar-refractivity contribution in [3.63, 3.8) is 0 Å². The van der Waals surface area contributed by atoms with Crippen LogP contribution in [0.1, 0.15) is 25.0 Å². The summed E-state index contributed by atoms with van der Waals surface area (Å²) in [5.74, 6) is 0. The molecular formula is C20H23NO. The molecule has 0 fully saturated rings. The molecule has 114 valence electrons. The highest BCUT2D eigenvalue weighted by Crippen LogP contribution is 2.37. The molecule has 0 heterocycles. The van der Waals surface area contributed by atoms with Gasteiger partial charge >= 0.3 is 0 Å². The Hall–Kier alpha value is -2.32. The molecular weight excluding hydrogens is 270 g/mol. The van der Waals surface area contributed by atoms with Gasteiger partial charge in [0, 0.05) is 11.3 Å². The standard InChI is InChI=1S/C20H21N.H2O/c1-3-14-13-15-9-5-6-10-17(15)16(4-2)20(14)18-11-7-8-12-19(18)21;/h5-13H,3-4,21H2,1-2H3;1H2. The smallest absolute Gasteiger partial charge is 0.0393 e. The van der Waals surface area contributed by atoms with Gasteiger partial charge in [0.25, 0.3) is 0 Å². The normalized spacial score (nSPS) is 10.5. The summed E-state index contributed by atoms with van der Waals surface area (Å²) < 4.78 is 0. The maximum absolute atomic E-state index is 6.24. The fourth-order valence-electron chi connectivity index (χ4n) is 3.19. The van der Waals surface area contributed by atoms with Crippen LogP contribution in [0, 0.1) is 0 Å². The minimum atomic E-state index is 0. The molecule has 0 saturated carbocycles. The first-order valence-corrected chi connectivity index (χ1v) is 7.64. The number of aryl methyl sites for hydroxylation is 2. The third-order valence-corrected chi connectivity index (χ3v) is 4.20. The van der Waals surface area contributed by atoms with Gasteiger partial charge in [0.1, 0.15) is 0 Å². The Morgan fingerprint density at radius 2 is 1.55 bits per heavy atom. The van der Waals surface area contributed by atoms with Crippen molar-refractivity contribution < 1.29 is 5.48 Å². The van der Waals surface area contributed by atoms with Gasteiger partial charge in [0.05, 0.1) is 0 Å². The van der Waals surface area contributed by atoms with Gasteiger partial charge in [-0.05, 0) is 46.4 Å². The summed E-state index contributed by atoms with van der Waals surface area (Å²) in [5.41, 5.74) is 12.4. The van der Waals surface area contributed by atoms with Crippen molar-refractivity contribution in [2.45, 2.75) is 26.7 Å². The summed E-state index contributed by atoms with van der Waals surface area (Å²) in [7, 11) is 0. The summed E-state index contributed by atoms with van der Waals surface area (Å²) in [6.45, 7) is 4.44. The molecule has 0 aliphatic carbocycles. The van der Waals surface area contributed by atoms with Crippen molar-refractivity contribution >= 4 is 16.5 Å². The van der Waals surface area contributed by atoms with Crippen molar-refractivity contribution in [3.8, 4) is 11.1 Å². The van der Waals surface area contributed by atoms with E-state index in [-0.39, 0.29) is 5.48 Å². The SMILES string of the molecule is CCc1cc2ccccc2c(CC)c1-c1ccccc1N.O. The van der Waals surface area contributed by atoms with Crippen LogP contribution >= 0.6 is 0 Å². The predicted molar refractivity (Wildman–Crippen MR) is 96.2 cm³/mol. The highest BCUT2D eigenvalue weighted by atomic mass is 16.0. The molecule has 0 aliphatic rings. The van der Waals surface area contributed by atoms with E-state index in [2.05, 4.69) is 56.3 Å². The Morgan fingerprint density at radius 3 is 2.23 bits per heavy atom. The summed E-state index contributed by atoms with van der Waals surface area (Å²) in [6.07, 6.45) is 2.03. The molecule has 3 rings (SSSR count). The van der Waals surface area contributed by atoms with Crippen LogP contribution in [0.25, 0.3) is 21.9 Å². The minimum absolute atomic E-state index is 0. The molecule has 3 aromatic rings. The van der Waals surface area contributed by atoms with E-state index >= 15 is 0 Å². The molecule has 0 amide bonds. The van der Waals surface area contributed by atoms with Crippen molar-refractivity contribution in [1.82, 2.24) is 0 Å². The molecule has 2 heteroatoms. The van der Waals surface area contributed by atoms with Crippen LogP contribution in [0.5, 0.6) is 0 Å². The van der Waals surface area contributed by atoms with Gasteiger partial charge in [-0.2, -0.15) is 0 Å². The Labute approximate surface area is 131 Å². The lowest BCUT2D eigenvalue weighted by molar-refractivity contribution is 0.824. The van der Waals surface area contributed by atoms with Gasteiger partial charge in [-0.3, -0.25) is 0 Å². The number of fused-ring (bicyclic) bond motifs is 1. The molecule has 3 aromatic carbocycles. The van der Waals surface area contributed by atoms with Gasteiger partial charge in [0.15, 0.2) is 0 Å². The molecule has 0 saturated heterocycles. The second kappa shape index (κ2) is 6.63. The molecule has 0 bridgehead atoms. The van der Waals surface area contributed by atoms with Crippen molar-refractivity contribution in [1.29, 1.82) is 0 Å². The Kier molecular flexibility index (Phi) is 4.84. The van der Waals surface area contributed by atoms with Gasteiger partial charge in [-0.15, -0.1) is 0 Å². The summed E-state index contributed by atoms with van der Waals surface area (Å²) >= 11 is 0. The number of benzene rings is 3. The Bertz CT molecular complexity index is 793. The highest BCUT2D eigenvalue weighted by Gasteiger charge is 2.14. The largest absolute Gasteiger partial charge is 0.412 e. The third-order valence-electron chi connectivity index (χ3n) is 4.20. The number of nitrogens with two attached hydrogens (primary N) is 1. The quantitative estimate of drug-likeness (QED) is 0.715. The second-order valence-corrected chi connectivity index (χ2v) is 5.40. The Morgan fingerprint density at radius 1 is 0.864 bits per heavy atom. The van der Waals surface area contributed by atoms with E-state index in [0.717, 1.165) is 24.1 Å². The number of hydrogen-bond acceptors (Lipinski definition) is 1. The van der Waals surface area contributed by atoms with Crippen LogP contribution < -0.4 is 5.73 Å². The number of hydrogen-bond donors (Lipinski definition) is 1. The molecule has 2 nitrogen and oxygen atoms in total. The zero-order valence-corrected chi connectivity index (χ0v) is 13.2. The van der Waals surface area contributed by atoms with E-state index in [4.69, 9.17) is 5.73 Å². The molecule has 0 atom stereocenters. The number of rotatable bonds is 3. The van der Waals surface area contributed by atoms with Gasteiger partial charge in [-0.1, -0.05) is 62.4 Å². The first-order valence-electron chi connectivity index (χ1n) is 7.64. The highest BCUT2D eigenvalue weighted by molar-refractivity contribution is 5.95. The van der Waals surface area contributed by atoms with Gasteiger partial charge in [0.2, 0.25) is 0 Å². The molecule has 4 N–H and O–H groups in total. The summed E-state index contributed by atoms with van der Waals surface area (Å²) in [6, 6.07) is 19.2. The fourth-order valence-corrected chi connectivity index (χ4v) is 3.19. The maximum Gasteiger partial charge on any atom is 0.0393 e. The first kappa shape index (κ1) is 16.1. The van der Waals surface area contributed by atoms with Crippen molar-refractivity contribution in [2.75, 3.05) is 5.73 Å². The van der Waals surface area contributed by atoms with Gasteiger partial charge < -0.3 is 11.2 Å². The fraction of sp³-hybridized carbons (Fsp3) is 0.200. The van der Waals surface area contributed by atoms with Crippen LogP contribution in [0.3, 0.4) is 0 Å². The van der Waals surface area contributed by atoms with Crippen molar-refractivity contribution in [2.24, 2.45) is 0 Å². The number of para-hydroxylation sites is 1. The van der Waals surface area contributed by atoms with Crippen LogP contribution in [0.15, 0.2) is 54.6 Å². The third kappa shape index (κ3) is 2.58. The lowest BCUT2D eigenvalue weighted by atomic mass is 9.87. The van der Waals surface area contributed by atoms with E-state index in [1.54, 1.807) is 0 Å². The Balaban J connectivity index is 0.00000176. The van der Waals surface area contributed by atoms with E-state index in [0.29, 0.717) is 0 Å². The summed E-state index contributed by atoms with van der Waals surface area (Å²) in [5, 5.41) is 2.67. The second-order valence-electron chi connectivity index (χ2n) is 5.40. The van der Waals surface area contributed by atoms with Crippen LogP contribution in [-0.4, -0.2) is 5.48 Å². The topological polar surface area (TPSA) is 57.5 Å². The van der Waals surface area contributed by atoms with Crippen molar-refractivity contribution in [3.05, 3.63) is 65.7 Å². The van der Waals surface area contributed by atoms with Crippen LogP contribution in [-0.2, 0) is 12.8 Å². The van der Waals surface area contributed by atoms with E-state index in [1.165, 1.54) is 27.5 Å². The number of nitrogen functional groups attached to an aromatic ring is 1.